The Kier molecular flexibility index (Phi) is 8.51. The first-order valence-corrected chi connectivity index (χ1v) is 12.9. The van der Waals surface area contributed by atoms with Crippen LogP contribution >= 0.6 is 19.6 Å². The van der Waals surface area contributed by atoms with Gasteiger partial charge in [0.25, 0.3) is 0 Å². The number of rotatable bonds is 12. The van der Waals surface area contributed by atoms with Crippen molar-refractivity contribution in [1.29, 1.82) is 0 Å². The standard InChI is InChI=1S/C19H32N3O5PS/c1-2-3-4-5-12-29-19-17(20-8-9-21-19)14-26-18-13-22(15-27-28(23,24)25)10-6-16(18)7-11-22/h8-9,16,18H,2-7,10-15H2,1H3,(H-,23,24,25)/p-1. The fourth-order valence-electron chi connectivity index (χ4n) is 4.24. The molecule has 10 heteroatoms. The number of piperidine rings is 3. The number of thioether (sulfide) groups is 1. The Labute approximate surface area is 177 Å². The number of aromatic nitrogens is 2. The third kappa shape index (κ3) is 6.99. The SMILES string of the molecule is CCCCCCSc1nccnc1COC1C[N+]2(COP(=O)([O-])[O-])CCC1CC2. The van der Waals surface area contributed by atoms with E-state index in [1.807, 2.05) is 0 Å². The maximum Gasteiger partial charge on any atom is 0.187 e. The van der Waals surface area contributed by atoms with E-state index in [1.165, 1.54) is 25.7 Å². The van der Waals surface area contributed by atoms with Crippen LogP contribution < -0.4 is 9.79 Å². The van der Waals surface area contributed by atoms with Gasteiger partial charge in [-0.15, -0.1) is 11.8 Å². The van der Waals surface area contributed by atoms with Crippen molar-refractivity contribution >= 4 is 19.6 Å². The molecule has 29 heavy (non-hydrogen) atoms. The van der Waals surface area contributed by atoms with Crippen molar-refractivity contribution in [3.8, 4) is 0 Å². The Morgan fingerprint density at radius 1 is 1.21 bits per heavy atom. The van der Waals surface area contributed by atoms with Crippen molar-refractivity contribution < 1.29 is 28.1 Å². The molecule has 8 nitrogen and oxygen atoms in total. The van der Waals surface area contributed by atoms with Gasteiger partial charge in [-0.3, -0.25) is 9.47 Å². The van der Waals surface area contributed by atoms with Gasteiger partial charge in [0, 0.05) is 31.2 Å². The highest BCUT2D eigenvalue weighted by molar-refractivity contribution is 7.99. The number of unbranched alkanes of at least 4 members (excludes halogenated alkanes) is 3. The Morgan fingerprint density at radius 3 is 2.69 bits per heavy atom. The van der Waals surface area contributed by atoms with Gasteiger partial charge in [-0.25, -0.2) is 4.98 Å². The maximum absolute atomic E-state index is 10.9. The topological polar surface area (TPSA) is 107 Å². The lowest BCUT2D eigenvalue weighted by molar-refractivity contribution is -0.960. The van der Waals surface area contributed by atoms with Gasteiger partial charge < -0.3 is 23.6 Å². The minimum absolute atomic E-state index is 0.0169. The highest BCUT2D eigenvalue weighted by atomic mass is 32.2. The molecule has 0 aromatic carbocycles. The first-order chi connectivity index (χ1) is 13.9. The normalized spacial score (nSPS) is 26.7. The van der Waals surface area contributed by atoms with Crippen molar-refractivity contribution in [3.63, 3.8) is 0 Å². The molecule has 4 heterocycles. The molecule has 0 spiro atoms. The van der Waals surface area contributed by atoms with E-state index in [9.17, 15) is 14.4 Å². The second-order valence-corrected chi connectivity index (χ2v) is 10.3. The van der Waals surface area contributed by atoms with Crippen LogP contribution in [0.1, 0.15) is 51.1 Å². The first-order valence-electron chi connectivity index (χ1n) is 10.5. The Balaban J connectivity index is 1.53. The molecule has 164 valence electrons. The molecule has 0 radical (unpaired) electrons. The van der Waals surface area contributed by atoms with Crippen LogP contribution in [0.2, 0.25) is 0 Å². The van der Waals surface area contributed by atoms with Crippen LogP contribution in [0.5, 0.6) is 0 Å². The number of fused-ring (bicyclic) bond motifs is 3. The molecule has 3 saturated heterocycles. The smallest absolute Gasteiger partial charge is 0.187 e. The van der Waals surface area contributed by atoms with Crippen molar-refractivity contribution in [2.75, 3.05) is 32.1 Å². The number of phosphoric ester groups is 1. The minimum atomic E-state index is -4.96. The fraction of sp³-hybridized carbons (Fsp3) is 0.789. The maximum atomic E-state index is 10.9. The lowest BCUT2D eigenvalue weighted by Crippen LogP contribution is -2.64. The van der Waals surface area contributed by atoms with Gasteiger partial charge in [0.2, 0.25) is 0 Å². The zero-order valence-corrected chi connectivity index (χ0v) is 18.7. The van der Waals surface area contributed by atoms with Crippen molar-refractivity contribution in [2.24, 2.45) is 5.92 Å². The predicted octanol–water partition coefficient (Wildman–Crippen LogP) is 2.08. The van der Waals surface area contributed by atoms with Gasteiger partial charge in [-0.1, -0.05) is 26.2 Å². The molecule has 4 rings (SSSR count). The van der Waals surface area contributed by atoms with E-state index >= 15 is 0 Å². The number of quaternary nitrogens is 1. The fourth-order valence-corrected chi connectivity index (χ4v) is 5.58. The summed E-state index contributed by atoms with van der Waals surface area (Å²) < 4.78 is 22.3. The average molecular weight is 445 g/mol. The minimum Gasteiger partial charge on any atom is -0.790 e. The van der Waals surface area contributed by atoms with Gasteiger partial charge in [0.05, 0.1) is 33.2 Å². The van der Waals surface area contributed by atoms with E-state index in [0.717, 1.165) is 42.4 Å². The lowest BCUT2D eigenvalue weighted by atomic mass is 9.84. The van der Waals surface area contributed by atoms with E-state index in [-0.39, 0.29) is 12.8 Å². The van der Waals surface area contributed by atoms with E-state index in [0.29, 0.717) is 23.6 Å². The van der Waals surface area contributed by atoms with Gasteiger partial charge >= 0.3 is 0 Å². The molecule has 0 amide bonds. The number of phosphoric acid groups is 1. The third-order valence-corrected chi connectivity index (χ3v) is 7.48. The largest absolute Gasteiger partial charge is 0.790 e. The zero-order chi connectivity index (χ0) is 20.7. The van der Waals surface area contributed by atoms with Crippen LogP contribution in [0.4, 0.5) is 0 Å². The van der Waals surface area contributed by atoms with Crippen molar-refractivity contribution in [3.05, 3.63) is 18.1 Å². The summed E-state index contributed by atoms with van der Waals surface area (Å²) >= 11 is 1.73. The molecular formula is C19H31N3O5PS-. The summed E-state index contributed by atoms with van der Waals surface area (Å²) in [6.45, 7) is 4.85. The highest BCUT2D eigenvalue weighted by Gasteiger charge is 2.46. The molecule has 1 aromatic heterocycles. The molecule has 0 N–H and O–H groups in total. The third-order valence-electron chi connectivity index (χ3n) is 5.94. The highest BCUT2D eigenvalue weighted by Crippen LogP contribution is 2.38. The number of nitrogens with zero attached hydrogens (tertiary/aromatic N) is 3. The molecule has 0 saturated carbocycles. The quantitative estimate of drug-likeness (QED) is 0.209. The monoisotopic (exact) mass is 444 g/mol. The molecule has 1 aromatic rings. The summed E-state index contributed by atoms with van der Waals surface area (Å²) in [7, 11) is -4.96. The summed E-state index contributed by atoms with van der Waals surface area (Å²) in [6.07, 6.45) is 10.2. The van der Waals surface area contributed by atoms with Gasteiger partial charge in [0.15, 0.2) is 6.73 Å². The molecule has 1 atom stereocenters. The molecule has 2 bridgehead atoms. The number of hydrogen-bond donors (Lipinski definition) is 0. The zero-order valence-electron chi connectivity index (χ0n) is 17.0. The summed E-state index contributed by atoms with van der Waals surface area (Å²) in [5.41, 5.74) is 0.857. The second kappa shape index (κ2) is 10.7. The van der Waals surface area contributed by atoms with Crippen molar-refractivity contribution in [2.45, 2.75) is 63.2 Å². The van der Waals surface area contributed by atoms with Crippen LogP contribution in [-0.4, -0.2) is 52.7 Å². The molecule has 3 fully saturated rings. The first kappa shape index (κ1) is 23.1. The van der Waals surface area contributed by atoms with Gasteiger partial charge in [0.1, 0.15) is 17.7 Å². The molecule has 0 aliphatic carbocycles. The van der Waals surface area contributed by atoms with E-state index in [2.05, 4.69) is 21.4 Å². The summed E-state index contributed by atoms with van der Waals surface area (Å²) in [6, 6.07) is 0. The van der Waals surface area contributed by atoms with Gasteiger partial charge in [-0.05, 0) is 12.2 Å². The molecule has 3 aliphatic heterocycles. The Hall–Kier alpha value is -0.540. The summed E-state index contributed by atoms with van der Waals surface area (Å²) in [4.78, 5) is 30.8. The van der Waals surface area contributed by atoms with E-state index in [4.69, 9.17) is 4.74 Å². The van der Waals surface area contributed by atoms with Crippen LogP contribution in [0, 0.1) is 5.92 Å². The van der Waals surface area contributed by atoms with Crippen molar-refractivity contribution in [1.82, 2.24) is 9.97 Å². The van der Waals surface area contributed by atoms with E-state index in [1.54, 1.807) is 24.2 Å². The Bertz CT molecular complexity index is 696. The van der Waals surface area contributed by atoms with Crippen LogP contribution in [0.3, 0.4) is 0 Å². The van der Waals surface area contributed by atoms with Crippen LogP contribution in [-0.2, 0) is 20.4 Å². The van der Waals surface area contributed by atoms with E-state index < -0.39 is 7.82 Å². The lowest BCUT2D eigenvalue weighted by Gasteiger charge is -2.52. The summed E-state index contributed by atoms with van der Waals surface area (Å²) in [5, 5.41) is 0.927. The number of ether oxygens (including phenoxy) is 1. The predicted molar refractivity (Wildman–Crippen MR) is 107 cm³/mol. The van der Waals surface area contributed by atoms with Crippen LogP contribution in [0.25, 0.3) is 0 Å². The van der Waals surface area contributed by atoms with Crippen LogP contribution in [0.15, 0.2) is 17.4 Å². The average Bonchev–Trinajstić information content (AvgIpc) is 2.72. The number of hydrogen-bond acceptors (Lipinski definition) is 8. The molecule has 3 aliphatic rings. The summed E-state index contributed by atoms with van der Waals surface area (Å²) in [5.74, 6) is 1.49. The van der Waals surface area contributed by atoms with Gasteiger partial charge in [-0.2, -0.15) is 0 Å². The second-order valence-electron chi connectivity index (χ2n) is 8.08. The molecular weight excluding hydrogens is 413 g/mol. The Morgan fingerprint density at radius 2 is 1.97 bits per heavy atom. The molecule has 1 unspecified atom stereocenters.